The quantitative estimate of drug-likeness (QED) is 0.802. The van der Waals surface area contributed by atoms with Gasteiger partial charge in [0.15, 0.2) is 0 Å². The third-order valence-corrected chi connectivity index (χ3v) is 2.07. The average Bonchev–Trinajstić information content (AvgIpc) is 2.72. The van der Waals surface area contributed by atoms with Gasteiger partial charge in [0.1, 0.15) is 5.76 Å². The molecule has 0 radical (unpaired) electrons. The summed E-state index contributed by atoms with van der Waals surface area (Å²) in [5.74, 6) is 0.786. The van der Waals surface area contributed by atoms with E-state index in [4.69, 9.17) is 4.42 Å². The number of aromatic nitrogens is 1. The van der Waals surface area contributed by atoms with Crippen molar-refractivity contribution >= 4 is 0 Å². The Kier molecular flexibility index (Phi) is 2.60. The summed E-state index contributed by atoms with van der Waals surface area (Å²) >= 11 is 0. The zero-order valence-electron chi connectivity index (χ0n) is 7.63. The lowest BCUT2D eigenvalue weighted by molar-refractivity contribution is 0.170. The summed E-state index contributed by atoms with van der Waals surface area (Å²) in [6.45, 7) is 0. The van der Waals surface area contributed by atoms with Crippen LogP contribution in [0.4, 0.5) is 0 Å². The molecule has 1 unspecified atom stereocenters. The lowest BCUT2D eigenvalue weighted by Gasteiger charge is -2.07. The molecule has 0 aliphatic rings. The van der Waals surface area contributed by atoms with Crippen LogP contribution in [0.3, 0.4) is 0 Å². The molecule has 1 N–H and O–H groups in total. The topological polar surface area (TPSA) is 46.3 Å². The molecule has 0 bridgehead atoms. The summed E-state index contributed by atoms with van der Waals surface area (Å²) in [6.07, 6.45) is 4.91. The molecule has 3 heteroatoms. The minimum Gasteiger partial charge on any atom is -0.469 e. The molecule has 0 aliphatic carbocycles. The summed E-state index contributed by atoms with van der Waals surface area (Å²) in [5, 5.41) is 9.80. The zero-order chi connectivity index (χ0) is 9.80. The zero-order valence-corrected chi connectivity index (χ0v) is 7.63. The SMILES string of the molecule is OC(Cc1ccco1)c1ccncc1. The van der Waals surface area contributed by atoms with Crippen molar-refractivity contribution in [2.45, 2.75) is 12.5 Å². The molecule has 0 spiro atoms. The molecule has 2 aromatic rings. The van der Waals surface area contributed by atoms with Crippen molar-refractivity contribution in [3.8, 4) is 0 Å². The Bertz CT molecular complexity index is 369. The summed E-state index contributed by atoms with van der Waals surface area (Å²) in [5.41, 5.74) is 0.858. The lowest BCUT2D eigenvalue weighted by atomic mass is 10.1. The van der Waals surface area contributed by atoms with E-state index in [9.17, 15) is 5.11 Å². The van der Waals surface area contributed by atoms with E-state index in [0.717, 1.165) is 11.3 Å². The van der Waals surface area contributed by atoms with Crippen LogP contribution in [-0.2, 0) is 6.42 Å². The van der Waals surface area contributed by atoms with Crippen LogP contribution in [0.2, 0.25) is 0 Å². The smallest absolute Gasteiger partial charge is 0.106 e. The van der Waals surface area contributed by atoms with Crippen LogP contribution in [0, 0.1) is 0 Å². The molecule has 0 fully saturated rings. The van der Waals surface area contributed by atoms with Crippen LogP contribution in [0.15, 0.2) is 47.3 Å². The molecule has 2 rings (SSSR count). The van der Waals surface area contributed by atoms with Gasteiger partial charge in [-0.1, -0.05) is 0 Å². The fourth-order valence-electron chi connectivity index (χ4n) is 1.32. The minimum absolute atomic E-state index is 0.497. The number of furan rings is 1. The Hall–Kier alpha value is -1.61. The first-order valence-corrected chi connectivity index (χ1v) is 4.46. The maximum absolute atomic E-state index is 9.80. The highest BCUT2D eigenvalue weighted by Gasteiger charge is 2.09. The van der Waals surface area contributed by atoms with Gasteiger partial charge in [-0.3, -0.25) is 4.98 Å². The standard InChI is InChI=1S/C11H11NO2/c13-11(8-10-2-1-7-14-10)9-3-5-12-6-4-9/h1-7,11,13H,8H2. The second-order valence-corrected chi connectivity index (χ2v) is 3.08. The number of hydrogen-bond acceptors (Lipinski definition) is 3. The molecule has 0 saturated heterocycles. The second-order valence-electron chi connectivity index (χ2n) is 3.08. The minimum atomic E-state index is -0.524. The highest BCUT2D eigenvalue weighted by molar-refractivity contribution is 5.15. The fourth-order valence-corrected chi connectivity index (χ4v) is 1.32. The molecule has 14 heavy (non-hydrogen) atoms. The van der Waals surface area contributed by atoms with Crippen molar-refractivity contribution in [3.05, 3.63) is 54.2 Å². The molecule has 3 nitrogen and oxygen atoms in total. The van der Waals surface area contributed by atoms with E-state index in [-0.39, 0.29) is 0 Å². The van der Waals surface area contributed by atoms with Crippen LogP contribution in [0.5, 0.6) is 0 Å². The van der Waals surface area contributed by atoms with E-state index in [2.05, 4.69) is 4.98 Å². The fraction of sp³-hybridized carbons (Fsp3) is 0.182. The highest BCUT2D eigenvalue weighted by atomic mass is 16.3. The first-order chi connectivity index (χ1) is 6.86. The van der Waals surface area contributed by atoms with Crippen molar-refractivity contribution < 1.29 is 9.52 Å². The van der Waals surface area contributed by atoms with E-state index >= 15 is 0 Å². The van der Waals surface area contributed by atoms with Crippen LogP contribution >= 0.6 is 0 Å². The largest absolute Gasteiger partial charge is 0.469 e. The highest BCUT2D eigenvalue weighted by Crippen LogP contribution is 2.17. The Morgan fingerprint density at radius 3 is 2.71 bits per heavy atom. The van der Waals surface area contributed by atoms with Crippen molar-refractivity contribution in [3.63, 3.8) is 0 Å². The molecule has 0 saturated carbocycles. The van der Waals surface area contributed by atoms with E-state index in [1.165, 1.54) is 0 Å². The second kappa shape index (κ2) is 4.07. The number of rotatable bonds is 3. The van der Waals surface area contributed by atoms with Crippen LogP contribution < -0.4 is 0 Å². The van der Waals surface area contributed by atoms with Crippen molar-refractivity contribution in [1.29, 1.82) is 0 Å². The number of nitrogens with zero attached hydrogens (tertiary/aromatic N) is 1. The van der Waals surface area contributed by atoms with E-state index < -0.39 is 6.10 Å². The Labute approximate surface area is 82.0 Å². The van der Waals surface area contributed by atoms with Gasteiger partial charge in [0.25, 0.3) is 0 Å². The Balaban J connectivity index is 2.07. The predicted molar refractivity (Wildman–Crippen MR) is 51.6 cm³/mol. The van der Waals surface area contributed by atoms with Crippen molar-refractivity contribution in [1.82, 2.24) is 4.98 Å². The predicted octanol–water partition coefficient (Wildman–Crippen LogP) is 1.95. The molecule has 1 atom stereocenters. The average molecular weight is 189 g/mol. The summed E-state index contributed by atoms with van der Waals surface area (Å²) in [4.78, 5) is 3.89. The summed E-state index contributed by atoms with van der Waals surface area (Å²) < 4.78 is 5.15. The van der Waals surface area contributed by atoms with Gasteiger partial charge in [-0.2, -0.15) is 0 Å². The maximum atomic E-state index is 9.80. The molecule has 0 aromatic carbocycles. The molecular formula is C11H11NO2. The van der Waals surface area contributed by atoms with E-state index in [1.54, 1.807) is 30.8 Å². The van der Waals surface area contributed by atoms with Crippen LogP contribution in [-0.4, -0.2) is 10.1 Å². The number of aliphatic hydroxyl groups excluding tert-OH is 1. The van der Waals surface area contributed by atoms with Gasteiger partial charge in [-0.15, -0.1) is 0 Å². The van der Waals surface area contributed by atoms with Crippen molar-refractivity contribution in [2.75, 3.05) is 0 Å². The number of pyridine rings is 1. The lowest BCUT2D eigenvalue weighted by Crippen LogP contribution is -2.00. The third kappa shape index (κ3) is 2.00. The monoisotopic (exact) mass is 189 g/mol. The summed E-state index contributed by atoms with van der Waals surface area (Å²) in [6, 6.07) is 7.26. The van der Waals surface area contributed by atoms with Gasteiger partial charge < -0.3 is 9.52 Å². The molecular weight excluding hydrogens is 178 g/mol. The number of aliphatic hydroxyl groups is 1. The number of hydrogen-bond donors (Lipinski definition) is 1. The van der Waals surface area contributed by atoms with E-state index in [0.29, 0.717) is 6.42 Å². The van der Waals surface area contributed by atoms with Gasteiger partial charge in [0.05, 0.1) is 12.4 Å². The molecule has 72 valence electrons. The molecule has 2 heterocycles. The van der Waals surface area contributed by atoms with Gasteiger partial charge in [-0.05, 0) is 29.8 Å². The first-order valence-electron chi connectivity index (χ1n) is 4.46. The van der Waals surface area contributed by atoms with Gasteiger partial charge in [0, 0.05) is 18.8 Å². The molecule has 0 amide bonds. The van der Waals surface area contributed by atoms with Gasteiger partial charge in [-0.25, -0.2) is 0 Å². The van der Waals surface area contributed by atoms with Gasteiger partial charge >= 0.3 is 0 Å². The first kappa shape index (κ1) is 8.97. The Morgan fingerprint density at radius 2 is 2.07 bits per heavy atom. The third-order valence-electron chi connectivity index (χ3n) is 2.07. The molecule has 0 aliphatic heterocycles. The van der Waals surface area contributed by atoms with Crippen molar-refractivity contribution in [2.24, 2.45) is 0 Å². The summed E-state index contributed by atoms with van der Waals surface area (Å²) in [7, 11) is 0. The van der Waals surface area contributed by atoms with Gasteiger partial charge in [0.2, 0.25) is 0 Å². The Morgan fingerprint density at radius 1 is 1.29 bits per heavy atom. The maximum Gasteiger partial charge on any atom is 0.106 e. The van der Waals surface area contributed by atoms with Crippen LogP contribution in [0.25, 0.3) is 0 Å². The van der Waals surface area contributed by atoms with Crippen LogP contribution in [0.1, 0.15) is 17.4 Å². The normalized spacial score (nSPS) is 12.6. The molecule has 2 aromatic heterocycles. The van der Waals surface area contributed by atoms with E-state index in [1.807, 2.05) is 12.1 Å².